The van der Waals surface area contributed by atoms with Crippen LogP contribution in [0.4, 0.5) is 0 Å². The zero-order valence-corrected chi connectivity index (χ0v) is 14.8. The largest absolute Gasteiger partial charge is 0.466 e. The lowest BCUT2D eigenvalue weighted by Gasteiger charge is -2.48. The van der Waals surface area contributed by atoms with Gasteiger partial charge in [0.15, 0.2) is 10.7 Å². The SMILES string of the molecule is CCOC(=O)CCN1C(=O)[C@@H]2SS[C@H]1C(=O)N2Cc1ccccc1. The van der Waals surface area contributed by atoms with Gasteiger partial charge in [-0.15, -0.1) is 0 Å². The fourth-order valence-corrected chi connectivity index (χ4v) is 5.68. The van der Waals surface area contributed by atoms with Crippen molar-refractivity contribution in [3.63, 3.8) is 0 Å². The lowest BCUT2D eigenvalue weighted by molar-refractivity contribution is -0.155. The van der Waals surface area contributed by atoms with E-state index in [4.69, 9.17) is 4.74 Å². The highest BCUT2D eigenvalue weighted by atomic mass is 33.1. The Morgan fingerprint density at radius 3 is 2.38 bits per heavy atom. The third-order valence-corrected chi connectivity index (χ3v) is 6.67. The summed E-state index contributed by atoms with van der Waals surface area (Å²) < 4.78 is 4.89. The van der Waals surface area contributed by atoms with Gasteiger partial charge in [0, 0.05) is 13.1 Å². The molecule has 8 heteroatoms. The van der Waals surface area contributed by atoms with Crippen molar-refractivity contribution >= 4 is 39.4 Å². The first-order valence-electron chi connectivity index (χ1n) is 7.74. The minimum absolute atomic E-state index is 0.0731. The first kappa shape index (κ1) is 17.2. The second-order valence-corrected chi connectivity index (χ2v) is 7.87. The number of benzene rings is 1. The number of hydrogen-bond acceptors (Lipinski definition) is 6. The van der Waals surface area contributed by atoms with E-state index < -0.39 is 10.7 Å². The van der Waals surface area contributed by atoms with Crippen LogP contribution in [0.15, 0.2) is 30.3 Å². The van der Waals surface area contributed by atoms with Gasteiger partial charge in [-0.3, -0.25) is 14.4 Å². The van der Waals surface area contributed by atoms with Gasteiger partial charge in [0.25, 0.3) is 11.8 Å². The van der Waals surface area contributed by atoms with E-state index in [1.807, 2.05) is 30.3 Å². The predicted molar refractivity (Wildman–Crippen MR) is 92.7 cm³/mol. The molecule has 128 valence electrons. The molecule has 0 radical (unpaired) electrons. The summed E-state index contributed by atoms with van der Waals surface area (Å²) >= 11 is 0. The van der Waals surface area contributed by atoms with E-state index in [0.29, 0.717) is 13.2 Å². The van der Waals surface area contributed by atoms with Gasteiger partial charge in [-0.2, -0.15) is 0 Å². The Kier molecular flexibility index (Phi) is 5.35. The number of esters is 1. The van der Waals surface area contributed by atoms with E-state index in [0.717, 1.165) is 5.56 Å². The molecule has 1 aromatic rings. The summed E-state index contributed by atoms with van der Waals surface area (Å²) in [4.78, 5) is 40.0. The van der Waals surface area contributed by atoms with Crippen molar-refractivity contribution < 1.29 is 19.1 Å². The molecular weight excluding hydrogens is 348 g/mol. The van der Waals surface area contributed by atoms with Gasteiger partial charge in [0.1, 0.15) is 0 Å². The van der Waals surface area contributed by atoms with Crippen LogP contribution >= 0.6 is 21.6 Å². The molecule has 3 aliphatic heterocycles. The van der Waals surface area contributed by atoms with Crippen molar-refractivity contribution in [1.82, 2.24) is 9.80 Å². The van der Waals surface area contributed by atoms with Crippen molar-refractivity contribution in [2.24, 2.45) is 0 Å². The summed E-state index contributed by atoms with van der Waals surface area (Å²) in [6.07, 6.45) is 0.111. The molecule has 4 rings (SSSR count). The number of carbonyl (C=O) groups is 3. The van der Waals surface area contributed by atoms with Crippen molar-refractivity contribution in [2.45, 2.75) is 30.6 Å². The van der Waals surface area contributed by atoms with Gasteiger partial charge >= 0.3 is 5.97 Å². The molecule has 0 unspecified atom stereocenters. The van der Waals surface area contributed by atoms with E-state index in [2.05, 4.69) is 0 Å². The van der Waals surface area contributed by atoms with E-state index in [-0.39, 0.29) is 30.7 Å². The number of carbonyl (C=O) groups excluding carboxylic acids is 3. The average Bonchev–Trinajstić information content (AvgIpc) is 2.58. The molecule has 0 saturated carbocycles. The summed E-state index contributed by atoms with van der Waals surface area (Å²) in [6, 6.07) is 9.63. The maximum Gasteiger partial charge on any atom is 0.307 e. The molecule has 0 N–H and O–H groups in total. The van der Waals surface area contributed by atoms with Crippen LogP contribution in [0.5, 0.6) is 0 Å². The number of nitrogens with zero attached hydrogens (tertiary/aromatic N) is 2. The monoisotopic (exact) mass is 366 g/mol. The van der Waals surface area contributed by atoms with Crippen molar-refractivity contribution in [2.75, 3.05) is 13.2 Å². The zero-order chi connectivity index (χ0) is 17.1. The van der Waals surface area contributed by atoms with Gasteiger partial charge in [-0.25, -0.2) is 0 Å². The smallest absolute Gasteiger partial charge is 0.307 e. The Labute approximate surface area is 148 Å². The molecule has 3 saturated heterocycles. The lowest BCUT2D eigenvalue weighted by Crippen LogP contribution is -2.65. The molecule has 0 aliphatic carbocycles. The number of piperazine rings is 1. The minimum atomic E-state index is -0.564. The summed E-state index contributed by atoms with van der Waals surface area (Å²) in [7, 11) is 2.81. The molecule has 3 aliphatic rings. The Bertz CT molecular complexity index is 640. The Balaban J connectivity index is 1.68. The number of fused-ring (bicyclic) bond motifs is 3. The number of ether oxygens (including phenoxy) is 1. The highest BCUT2D eigenvalue weighted by Crippen LogP contribution is 2.47. The molecule has 3 heterocycles. The summed E-state index contributed by atoms with van der Waals surface area (Å²) in [6.45, 7) is 2.69. The third-order valence-electron chi connectivity index (χ3n) is 3.85. The summed E-state index contributed by atoms with van der Waals surface area (Å²) in [5.41, 5.74) is 0.995. The number of amides is 2. The Morgan fingerprint density at radius 2 is 1.71 bits per heavy atom. The van der Waals surface area contributed by atoms with Crippen LogP contribution in [-0.2, 0) is 25.7 Å². The van der Waals surface area contributed by atoms with Gasteiger partial charge in [-0.05, 0) is 12.5 Å². The fourth-order valence-electron chi connectivity index (χ4n) is 2.69. The average molecular weight is 366 g/mol. The second kappa shape index (κ2) is 7.48. The van der Waals surface area contributed by atoms with Crippen molar-refractivity contribution in [3.8, 4) is 0 Å². The van der Waals surface area contributed by atoms with Crippen LogP contribution in [-0.4, -0.2) is 51.5 Å². The maximum atomic E-state index is 12.7. The summed E-state index contributed by atoms with van der Waals surface area (Å²) in [5.74, 6) is -0.530. The number of rotatable bonds is 6. The molecule has 0 aromatic heterocycles. The molecular formula is C16H18N2O4S2. The molecule has 6 nitrogen and oxygen atoms in total. The highest BCUT2D eigenvalue weighted by Gasteiger charge is 2.51. The maximum absolute atomic E-state index is 12.7. The van der Waals surface area contributed by atoms with Crippen molar-refractivity contribution in [1.29, 1.82) is 0 Å². The lowest BCUT2D eigenvalue weighted by atomic mass is 10.2. The number of hydrogen-bond donors (Lipinski definition) is 0. The molecule has 2 bridgehead atoms. The molecule has 0 spiro atoms. The van der Waals surface area contributed by atoms with Gasteiger partial charge in [0.05, 0.1) is 13.0 Å². The molecule has 2 atom stereocenters. The van der Waals surface area contributed by atoms with Crippen LogP contribution in [0, 0.1) is 0 Å². The van der Waals surface area contributed by atoms with Crippen LogP contribution < -0.4 is 0 Å². The quantitative estimate of drug-likeness (QED) is 0.565. The van der Waals surface area contributed by atoms with E-state index >= 15 is 0 Å². The highest BCUT2D eigenvalue weighted by molar-refractivity contribution is 8.77. The summed E-state index contributed by atoms with van der Waals surface area (Å²) in [5, 5.41) is -1.10. The second-order valence-electron chi connectivity index (χ2n) is 5.44. The first-order valence-corrected chi connectivity index (χ1v) is 10.0. The standard InChI is InChI=1S/C16H18N2O4S2/c1-2-22-12(19)8-9-17-13(20)16-18(14(21)15(17)23-24-16)10-11-6-4-3-5-7-11/h3-7,15-16H,2,8-10H2,1H3/t15-,16-/m0/s1. The Morgan fingerprint density at radius 1 is 1.08 bits per heavy atom. The molecule has 1 aromatic carbocycles. The van der Waals surface area contributed by atoms with Crippen LogP contribution in [0.3, 0.4) is 0 Å². The van der Waals surface area contributed by atoms with Crippen LogP contribution in [0.2, 0.25) is 0 Å². The van der Waals surface area contributed by atoms with Gasteiger partial charge in [-0.1, -0.05) is 51.9 Å². The topological polar surface area (TPSA) is 66.9 Å². The van der Waals surface area contributed by atoms with Crippen LogP contribution in [0.25, 0.3) is 0 Å². The van der Waals surface area contributed by atoms with Gasteiger partial charge < -0.3 is 14.5 Å². The van der Waals surface area contributed by atoms with Gasteiger partial charge in [0.2, 0.25) is 0 Å². The molecule has 3 fully saturated rings. The third kappa shape index (κ3) is 3.39. The van der Waals surface area contributed by atoms with E-state index in [1.165, 1.54) is 26.5 Å². The molecule has 24 heavy (non-hydrogen) atoms. The normalized spacial score (nSPS) is 22.9. The first-order chi connectivity index (χ1) is 11.6. The van der Waals surface area contributed by atoms with E-state index in [9.17, 15) is 14.4 Å². The predicted octanol–water partition coefficient (Wildman–Crippen LogP) is 1.86. The minimum Gasteiger partial charge on any atom is -0.466 e. The van der Waals surface area contributed by atoms with Crippen molar-refractivity contribution in [3.05, 3.63) is 35.9 Å². The zero-order valence-electron chi connectivity index (χ0n) is 13.2. The fraction of sp³-hybridized carbons (Fsp3) is 0.438. The van der Waals surface area contributed by atoms with E-state index in [1.54, 1.807) is 11.8 Å². The molecule has 2 amide bonds. The van der Waals surface area contributed by atoms with Crippen LogP contribution in [0.1, 0.15) is 18.9 Å². The Hall–Kier alpha value is -1.67.